The van der Waals surface area contributed by atoms with E-state index < -0.39 is 5.60 Å². The van der Waals surface area contributed by atoms with Crippen LogP contribution in [0.3, 0.4) is 0 Å². The van der Waals surface area contributed by atoms with Crippen LogP contribution in [-0.4, -0.2) is 10.7 Å². The molecule has 8 heavy (non-hydrogen) atoms. The monoisotopic (exact) mass is 191 g/mol. The molecule has 0 saturated carbocycles. The van der Waals surface area contributed by atoms with Crippen molar-refractivity contribution in [3.63, 3.8) is 0 Å². The van der Waals surface area contributed by atoms with Crippen LogP contribution in [0.4, 0.5) is 0 Å². The van der Waals surface area contributed by atoms with Crippen LogP contribution < -0.4 is 5.73 Å². The van der Waals surface area contributed by atoms with Crippen LogP contribution in [-0.2, 0) is 32.7 Å². The molecular weight excluding hydrogens is 179 g/mol. The summed E-state index contributed by atoms with van der Waals surface area (Å²) >= 11 is 0. The maximum absolute atomic E-state index is 8.93. The topological polar surface area (TPSA) is 46.2 Å². The van der Waals surface area contributed by atoms with Crippen molar-refractivity contribution in [3.05, 3.63) is 6.04 Å². The second-order valence-corrected chi connectivity index (χ2v) is 2.24. The molecule has 1 radical (unpaired) electrons. The molecule has 47 valence electrons. The van der Waals surface area contributed by atoms with E-state index >= 15 is 0 Å². The molecule has 3 heteroatoms. The normalized spacial score (nSPS) is 11.2. The molecule has 0 aliphatic rings. The summed E-state index contributed by atoms with van der Waals surface area (Å²) in [6.45, 7) is 5.00. The first kappa shape index (κ1) is 11.8. The summed E-state index contributed by atoms with van der Waals surface area (Å²) in [4.78, 5) is 0. The van der Waals surface area contributed by atoms with Gasteiger partial charge in [0.1, 0.15) is 0 Å². The van der Waals surface area contributed by atoms with E-state index in [1.165, 1.54) is 0 Å². The number of nitrogens with two attached hydrogens (primary N) is 1. The van der Waals surface area contributed by atoms with E-state index in [4.69, 9.17) is 10.8 Å². The summed E-state index contributed by atoms with van der Waals surface area (Å²) in [5.74, 6) is 0. The molecular formula is C5H12NOY-. The average Bonchev–Trinajstić information content (AvgIpc) is 1.31. The van der Waals surface area contributed by atoms with Crippen molar-refractivity contribution in [1.29, 1.82) is 0 Å². The quantitative estimate of drug-likeness (QED) is 0.584. The second-order valence-electron chi connectivity index (χ2n) is 2.24. The Bertz CT molecular complexity index is 57.9. The molecule has 0 aromatic rings. The second kappa shape index (κ2) is 3.94. The van der Waals surface area contributed by atoms with Gasteiger partial charge in [0.05, 0.1) is 0 Å². The Kier molecular flexibility index (Phi) is 5.80. The van der Waals surface area contributed by atoms with Crippen LogP contribution in [0.2, 0.25) is 0 Å². The molecule has 0 aliphatic heterocycles. The van der Waals surface area contributed by atoms with Crippen LogP contribution in [0.1, 0.15) is 20.8 Å². The van der Waals surface area contributed by atoms with Gasteiger partial charge in [-0.05, 0) is 5.60 Å². The Balaban J connectivity index is 0. The Morgan fingerprint density at radius 2 is 1.62 bits per heavy atom. The number of rotatable bonds is 1. The van der Waals surface area contributed by atoms with Crippen LogP contribution in [0.5, 0.6) is 0 Å². The van der Waals surface area contributed by atoms with E-state index in [-0.39, 0.29) is 32.7 Å². The summed E-state index contributed by atoms with van der Waals surface area (Å²) in [7, 11) is 0. The van der Waals surface area contributed by atoms with Gasteiger partial charge >= 0.3 is 0 Å². The van der Waals surface area contributed by atoms with Crippen LogP contribution in [0, 0.1) is 6.04 Å². The molecule has 0 aliphatic carbocycles. The molecule has 0 saturated heterocycles. The number of hydrogen-bond donors (Lipinski definition) is 2. The number of aliphatic hydroxyl groups is 1. The van der Waals surface area contributed by atoms with Gasteiger partial charge in [-0.25, -0.2) is 6.04 Å². The van der Waals surface area contributed by atoms with Gasteiger partial charge in [-0.2, -0.15) is 6.92 Å². The Morgan fingerprint density at radius 3 is 1.62 bits per heavy atom. The molecule has 2 nitrogen and oxygen atoms in total. The Hall–Kier alpha value is 1.02. The minimum atomic E-state index is -0.806. The zero-order chi connectivity index (χ0) is 6.08. The molecule has 0 aromatic carbocycles. The molecule has 0 rings (SSSR count). The summed E-state index contributed by atoms with van der Waals surface area (Å²) in [6.07, 6.45) is 0. The largest absolute Gasteiger partial charge is 0.478 e. The minimum Gasteiger partial charge on any atom is -0.478 e. The minimum absolute atomic E-state index is 0. The molecule has 0 bridgehead atoms. The zero-order valence-corrected chi connectivity index (χ0v) is 8.44. The van der Waals surface area contributed by atoms with Crippen molar-refractivity contribution in [1.82, 2.24) is 0 Å². The van der Waals surface area contributed by atoms with E-state index in [1.54, 1.807) is 20.8 Å². The molecule has 0 atom stereocenters. The van der Waals surface area contributed by atoms with Gasteiger partial charge in [0.2, 0.25) is 0 Å². The van der Waals surface area contributed by atoms with E-state index in [2.05, 4.69) is 0 Å². The zero-order valence-electron chi connectivity index (χ0n) is 5.60. The van der Waals surface area contributed by atoms with Crippen molar-refractivity contribution in [2.75, 3.05) is 0 Å². The van der Waals surface area contributed by atoms with Crippen LogP contribution in [0.25, 0.3) is 0 Å². The van der Waals surface area contributed by atoms with Crippen molar-refractivity contribution < 1.29 is 37.8 Å². The molecule has 0 aromatic heterocycles. The molecule has 0 unspecified atom stereocenters. The van der Waals surface area contributed by atoms with Crippen LogP contribution >= 0.6 is 0 Å². The van der Waals surface area contributed by atoms with Gasteiger partial charge in [-0.3, -0.25) is 0 Å². The van der Waals surface area contributed by atoms with E-state index in [0.29, 0.717) is 6.04 Å². The third-order valence-electron chi connectivity index (χ3n) is 0.965. The predicted octanol–water partition coefficient (Wildman–Crippen LogP) is 0.265. The Morgan fingerprint density at radius 1 is 1.50 bits per heavy atom. The van der Waals surface area contributed by atoms with Crippen molar-refractivity contribution in [2.45, 2.75) is 26.4 Å². The van der Waals surface area contributed by atoms with Gasteiger partial charge in [-0.1, -0.05) is 13.8 Å². The first-order valence-electron chi connectivity index (χ1n) is 2.26. The van der Waals surface area contributed by atoms with Gasteiger partial charge in [-0.15, -0.1) is 0 Å². The van der Waals surface area contributed by atoms with Gasteiger partial charge < -0.3 is 10.8 Å². The summed E-state index contributed by atoms with van der Waals surface area (Å²) < 4.78 is 0. The maximum Gasteiger partial charge on any atom is 0 e. The van der Waals surface area contributed by atoms with Crippen molar-refractivity contribution in [2.24, 2.45) is 5.73 Å². The SMILES string of the molecule is C[C-](N)C(C)(C)O.[Y]. The van der Waals surface area contributed by atoms with Crippen molar-refractivity contribution >= 4 is 0 Å². The fourth-order valence-corrected chi connectivity index (χ4v) is 0. The summed E-state index contributed by atoms with van der Waals surface area (Å²) in [5, 5.41) is 8.93. The summed E-state index contributed by atoms with van der Waals surface area (Å²) in [5.41, 5.74) is 4.43. The van der Waals surface area contributed by atoms with E-state index in [1.807, 2.05) is 0 Å². The van der Waals surface area contributed by atoms with Crippen molar-refractivity contribution in [3.8, 4) is 0 Å². The summed E-state index contributed by atoms with van der Waals surface area (Å²) in [6, 6.07) is 0.549. The van der Waals surface area contributed by atoms with E-state index in [9.17, 15) is 0 Å². The van der Waals surface area contributed by atoms with Gasteiger partial charge in [0, 0.05) is 32.7 Å². The molecule has 0 fully saturated rings. The third kappa shape index (κ3) is 5.17. The van der Waals surface area contributed by atoms with Gasteiger partial charge in [0.25, 0.3) is 0 Å². The molecule has 0 amide bonds. The smallest absolute Gasteiger partial charge is 0 e. The Labute approximate surface area is 75.7 Å². The first-order valence-corrected chi connectivity index (χ1v) is 2.26. The number of hydrogen-bond acceptors (Lipinski definition) is 2. The standard InChI is InChI=1S/C5H12NO.Y/c1-4(6)5(2,3)7;/h7H,6H2,1-3H3;/q-1;. The fourth-order valence-electron chi connectivity index (χ4n) is 0. The third-order valence-corrected chi connectivity index (χ3v) is 0.965. The fraction of sp³-hybridized carbons (Fsp3) is 0.800. The molecule has 3 N–H and O–H groups in total. The average molecular weight is 191 g/mol. The predicted molar refractivity (Wildman–Crippen MR) is 29.4 cm³/mol. The van der Waals surface area contributed by atoms with Gasteiger partial charge in [0.15, 0.2) is 0 Å². The molecule has 0 heterocycles. The maximum atomic E-state index is 8.93. The first-order chi connectivity index (χ1) is 2.94. The van der Waals surface area contributed by atoms with E-state index in [0.717, 1.165) is 0 Å². The van der Waals surface area contributed by atoms with Crippen LogP contribution in [0.15, 0.2) is 0 Å². The molecule has 0 spiro atoms.